The second kappa shape index (κ2) is 10.9. The molecule has 0 atom stereocenters. The third kappa shape index (κ3) is 11.7. The number of carbonyl (C=O) groups is 1. The van der Waals surface area contributed by atoms with Crippen LogP contribution in [0, 0.1) is 5.92 Å². The first kappa shape index (κ1) is 22.2. The number of hydrogen-bond acceptors (Lipinski definition) is 4. The maximum atomic E-state index is 13.0. The summed E-state index contributed by atoms with van der Waals surface area (Å²) in [5, 5.41) is 2.58. The second-order valence-electron chi connectivity index (χ2n) is 6.52. The lowest BCUT2D eigenvalue weighted by atomic mass is 10.0. The molecule has 5 nitrogen and oxygen atoms in total. The number of halogens is 1. The van der Waals surface area contributed by atoms with Crippen molar-refractivity contribution in [1.29, 1.82) is 0 Å². The van der Waals surface area contributed by atoms with E-state index in [-0.39, 0.29) is 14.0 Å². The number of hydrogen-bond donors (Lipinski definition) is 1. The molecule has 0 spiro atoms. The van der Waals surface area contributed by atoms with Crippen LogP contribution in [0.2, 0.25) is 0 Å². The van der Waals surface area contributed by atoms with E-state index >= 15 is 0 Å². The molecule has 0 fully saturated rings. The molecule has 0 aliphatic carbocycles. The van der Waals surface area contributed by atoms with Gasteiger partial charge in [0.15, 0.2) is 0 Å². The van der Waals surface area contributed by atoms with Gasteiger partial charge in [-0.05, 0) is 32.3 Å². The SMILES string of the molecule is C=C(F)/C=C(/OCCOCCNC(=O)OC(C)(C)C)C(=C)C(C)C.[HH]. The number of allylic oxidation sites excluding steroid dienone is 3. The molecule has 0 unspecified atom stereocenters. The van der Waals surface area contributed by atoms with Crippen LogP contribution in [0.1, 0.15) is 36.0 Å². The fourth-order valence-corrected chi connectivity index (χ4v) is 1.51. The van der Waals surface area contributed by atoms with E-state index in [0.29, 0.717) is 31.1 Å². The molecule has 0 saturated heterocycles. The van der Waals surface area contributed by atoms with Crippen LogP contribution in [-0.2, 0) is 14.2 Å². The average molecular weight is 345 g/mol. The lowest BCUT2D eigenvalue weighted by Gasteiger charge is -2.19. The minimum Gasteiger partial charge on any atom is -0.491 e. The molecule has 0 bridgehead atoms. The largest absolute Gasteiger partial charge is 0.491 e. The van der Waals surface area contributed by atoms with Gasteiger partial charge in [-0.15, -0.1) is 0 Å². The van der Waals surface area contributed by atoms with Gasteiger partial charge in [-0.3, -0.25) is 0 Å². The van der Waals surface area contributed by atoms with Gasteiger partial charge in [0.2, 0.25) is 0 Å². The summed E-state index contributed by atoms with van der Waals surface area (Å²) in [6.07, 6.45) is 0.731. The van der Waals surface area contributed by atoms with Crippen molar-refractivity contribution in [2.75, 3.05) is 26.4 Å². The van der Waals surface area contributed by atoms with Crippen LogP contribution in [0.5, 0.6) is 0 Å². The van der Waals surface area contributed by atoms with Gasteiger partial charge >= 0.3 is 6.09 Å². The lowest BCUT2D eigenvalue weighted by Crippen LogP contribution is -2.34. The summed E-state index contributed by atoms with van der Waals surface area (Å²) >= 11 is 0. The third-order valence-electron chi connectivity index (χ3n) is 2.70. The van der Waals surface area contributed by atoms with Crippen LogP contribution >= 0.6 is 0 Å². The number of amides is 1. The molecule has 1 N–H and O–H groups in total. The highest BCUT2D eigenvalue weighted by Gasteiger charge is 2.15. The molecule has 1 amide bonds. The molecule has 0 aromatic carbocycles. The third-order valence-corrected chi connectivity index (χ3v) is 2.70. The molecule has 0 rings (SSSR count). The summed E-state index contributed by atoms with van der Waals surface area (Å²) < 4.78 is 28.9. The van der Waals surface area contributed by atoms with Crippen LogP contribution in [0.25, 0.3) is 0 Å². The first-order valence-corrected chi connectivity index (χ1v) is 7.95. The normalized spacial score (nSPS) is 12.0. The van der Waals surface area contributed by atoms with E-state index < -0.39 is 17.5 Å². The maximum Gasteiger partial charge on any atom is 0.407 e. The predicted molar refractivity (Wildman–Crippen MR) is 95.4 cm³/mol. The molecular weight excluding hydrogens is 313 g/mol. The summed E-state index contributed by atoms with van der Waals surface area (Å²) in [6, 6.07) is 0. The number of carbonyl (C=O) groups excluding carboxylic acids is 1. The Balaban J connectivity index is 0. The Kier molecular flexibility index (Phi) is 10.0. The molecule has 0 aliphatic rings. The molecule has 0 aromatic rings. The quantitative estimate of drug-likeness (QED) is 0.363. The van der Waals surface area contributed by atoms with Crippen LogP contribution in [0.3, 0.4) is 0 Å². The fraction of sp³-hybridized carbons (Fsp3) is 0.611. The molecule has 24 heavy (non-hydrogen) atoms. The Morgan fingerprint density at radius 2 is 1.88 bits per heavy atom. The minimum absolute atomic E-state index is 0. The van der Waals surface area contributed by atoms with E-state index in [1.807, 2.05) is 13.8 Å². The molecule has 0 aromatic heterocycles. The van der Waals surface area contributed by atoms with Gasteiger partial charge in [0.25, 0.3) is 0 Å². The zero-order chi connectivity index (χ0) is 18.8. The van der Waals surface area contributed by atoms with Gasteiger partial charge < -0.3 is 19.5 Å². The van der Waals surface area contributed by atoms with Gasteiger partial charge in [-0.1, -0.05) is 27.0 Å². The van der Waals surface area contributed by atoms with E-state index in [0.717, 1.165) is 0 Å². The highest BCUT2D eigenvalue weighted by Crippen LogP contribution is 2.20. The predicted octanol–water partition coefficient (Wildman–Crippen LogP) is 4.37. The lowest BCUT2D eigenvalue weighted by molar-refractivity contribution is 0.0472. The Bertz CT molecular complexity index is 470. The molecular formula is C18H32FNO4. The van der Waals surface area contributed by atoms with Crippen molar-refractivity contribution in [2.45, 2.75) is 40.2 Å². The van der Waals surface area contributed by atoms with E-state index in [1.165, 1.54) is 6.08 Å². The van der Waals surface area contributed by atoms with E-state index in [4.69, 9.17) is 14.2 Å². The topological polar surface area (TPSA) is 56.8 Å². The Morgan fingerprint density at radius 3 is 2.38 bits per heavy atom. The summed E-state index contributed by atoms with van der Waals surface area (Å²) in [5.74, 6) is -0.0863. The van der Waals surface area contributed by atoms with Crippen molar-refractivity contribution in [3.05, 3.63) is 36.4 Å². The zero-order valence-corrected chi connectivity index (χ0v) is 15.4. The Labute approximate surface area is 146 Å². The molecule has 140 valence electrons. The molecule has 0 heterocycles. The number of rotatable bonds is 10. The Hall–Kier alpha value is -1.82. The van der Waals surface area contributed by atoms with Crippen molar-refractivity contribution < 1.29 is 24.8 Å². The zero-order valence-electron chi connectivity index (χ0n) is 15.4. The van der Waals surface area contributed by atoms with Gasteiger partial charge in [-0.2, -0.15) is 0 Å². The van der Waals surface area contributed by atoms with Crippen molar-refractivity contribution in [3.63, 3.8) is 0 Å². The van der Waals surface area contributed by atoms with Crippen LogP contribution in [0.4, 0.5) is 9.18 Å². The van der Waals surface area contributed by atoms with Crippen LogP contribution in [0.15, 0.2) is 36.4 Å². The number of ether oxygens (including phenoxy) is 3. The first-order valence-electron chi connectivity index (χ1n) is 7.95. The van der Waals surface area contributed by atoms with Gasteiger partial charge in [-0.25, -0.2) is 9.18 Å². The van der Waals surface area contributed by atoms with Crippen LogP contribution < -0.4 is 5.32 Å². The first-order chi connectivity index (χ1) is 11.0. The molecule has 0 saturated carbocycles. The molecule has 0 aliphatic heterocycles. The molecule has 0 radical (unpaired) electrons. The van der Waals surface area contributed by atoms with Crippen LogP contribution in [-0.4, -0.2) is 38.1 Å². The summed E-state index contributed by atoms with van der Waals surface area (Å²) in [6.45, 7) is 17.6. The number of nitrogens with one attached hydrogen (secondary N) is 1. The van der Waals surface area contributed by atoms with E-state index in [2.05, 4.69) is 18.5 Å². The smallest absolute Gasteiger partial charge is 0.407 e. The van der Waals surface area contributed by atoms with Gasteiger partial charge in [0.05, 0.1) is 13.2 Å². The second-order valence-corrected chi connectivity index (χ2v) is 6.52. The van der Waals surface area contributed by atoms with Gasteiger partial charge in [0.1, 0.15) is 23.8 Å². The van der Waals surface area contributed by atoms with Gasteiger partial charge in [0, 0.05) is 14.0 Å². The molecule has 6 heteroatoms. The van der Waals surface area contributed by atoms with E-state index in [9.17, 15) is 9.18 Å². The van der Waals surface area contributed by atoms with Crippen molar-refractivity contribution in [1.82, 2.24) is 5.32 Å². The van der Waals surface area contributed by atoms with E-state index in [1.54, 1.807) is 20.8 Å². The summed E-state index contributed by atoms with van der Waals surface area (Å²) in [4.78, 5) is 11.4. The standard InChI is InChI=1S/C18H30FNO4.H2/c1-13(2)15(4)16(12-14(3)19)23-11-10-22-9-8-20-17(21)24-18(5,6)7;/h12-13H,3-4,8-11H2,1-2,5-7H3,(H,20,21);1H/b16-12+;. The number of alkyl carbamates (subject to hydrolysis) is 1. The highest BCUT2D eigenvalue weighted by atomic mass is 19.1. The highest BCUT2D eigenvalue weighted by molar-refractivity contribution is 5.67. The summed E-state index contributed by atoms with van der Waals surface area (Å²) in [5.41, 5.74) is 0.168. The minimum atomic E-state index is -0.589. The Morgan fingerprint density at radius 1 is 1.25 bits per heavy atom. The average Bonchev–Trinajstić information content (AvgIpc) is 2.41. The maximum absolute atomic E-state index is 13.0. The monoisotopic (exact) mass is 345 g/mol. The summed E-state index contributed by atoms with van der Waals surface area (Å²) in [7, 11) is 0. The van der Waals surface area contributed by atoms with Crippen molar-refractivity contribution in [2.24, 2.45) is 5.92 Å². The van der Waals surface area contributed by atoms with Crippen molar-refractivity contribution in [3.8, 4) is 0 Å². The fourth-order valence-electron chi connectivity index (χ4n) is 1.51. The van der Waals surface area contributed by atoms with Crippen molar-refractivity contribution >= 4 is 6.09 Å².